The SMILES string of the molecule is CCCCC(=O)N(CCOC)CCOC.Cc1c(-n2c(C(Cc3cc(F)cc(F)c3)NC(=O)CNN)nc3nc(C4CCC(F)(F)CC4)cc(C)c3c2=O)ccc(Cl)c1C(=N)C(C)C. The number of halogens is 5. The van der Waals surface area contributed by atoms with Gasteiger partial charge in [0.15, 0.2) is 5.65 Å². The lowest BCUT2D eigenvalue weighted by atomic mass is 9.84. The van der Waals surface area contributed by atoms with Crippen LogP contribution in [0.2, 0.25) is 5.02 Å². The predicted molar refractivity (Wildman–Crippen MR) is 240 cm³/mol. The molecule has 1 atom stereocenters. The van der Waals surface area contributed by atoms with E-state index >= 15 is 0 Å². The first-order valence-corrected chi connectivity index (χ1v) is 21.9. The zero-order valence-electron chi connectivity index (χ0n) is 37.7. The summed E-state index contributed by atoms with van der Waals surface area (Å²) in [6.07, 6.45) is 2.29. The molecule has 2 amide bonds. The van der Waals surface area contributed by atoms with Crippen molar-refractivity contribution in [1.29, 1.82) is 5.41 Å². The summed E-state index contributed by atoms with van der Waals surface area (Å²) in [6, 6.07) is 6.69. The molecule has 1 unspecified atom stereocenters. The van der Waals surface area contributed by atoms with Crippen LogP contribution in [0.15, 0.2) is 41.2 Å². The Balaban J connectivity index is 0.000000512. The lowest BCUT2D eigenvalue weighted by Gasteiger charge is -2.28. The Morgan fingerprint density at radius 3 is 2.22 bits per heavy atom. The number of alkyl halides is 2. The number of carbonyl (C=O) groups is 2. The highest BCUT2D eigenvalue weighted by Crippen LogP contribution is 2.41. The number of amides is 2. The van der Waals surface area contributed by atoms with Gasteiger partial charge in [0.25, 0.3) is 5.56 Å². The number of carbonyl (C=O) groups excluding carboxylic acids is 2. The zero-order chi connectivity index (χ0) is 47.3. The highest BCUT2D eigenvalue weighted by atomic mass is 35.5. The fourth-order valence-corrected chi connectivity index (χ4v) is 8.01. The van der Waals surface area contributed by atoms with Gasteiger partial charge in [-0.05, 0) is 86.1 Å². The van der Waals surface area contributed by atoms with Crippen molar-refractivity contribution in [3.63, 3.8) is 0 Å². The third-order valence-electron chi connectivity index (χ3n) is 11.2. The first-order valence-electron chi connectivity index (χ1n) is 21.5. The van der Waals surface area contributed by atoms with Crippen LogP contribution in [0.5, 0.6) is 0 Å². The second kappa shape index (κ2) is 23.9. The van der Waals surface area contributed by atoms with Gasteiger partial charge in [0, 0.05) is 81.9 Å². The van der Waals surface area contributed by atoms with Crippen molar-refractivity contribution < 1.29 is 36.6 Å². The molecule has 350 valence electrons. The maximum absolute atomic E-state index is 14.7. The van der Waals surface area contributed by atoms with Gasteiger partial charge in [0.1, 0.15) is 17.5 Å². The number of nitrogens with zero attached hydrogens (tertiary/aromatic N) is 4. The van der Waals surface area contributed by atoms with E-state index in [1.54, 1.807) is 46.3 Å². The number of benzene rings is 2. The van der Waals surface area contributed by atoms with Crippen LogP contribution in [-0.4, -0.2) is 90.0 Å². The Bertz CT molecular complexity index is 2290. The molecule has 0 saturated heterocycles. The van der Waals surface area contributed by atoms with Crippen LogP contribution in [0.25, 0.3) is 16.7 Å². The summed E-state index contributed by atoms with van der Waals surface area (Å²) in [4.78, 5) is 50.8. The number of nitrogens with two attached hydrogens (primary N) is 1. The third kappa shape index (κ3) is 13.6. The molecule has 0 aliphatic heterocycles. The van der Waals surface area contributed by atoms with Crippen LogP contribution >= 0.6 is 11.6 Å². The number of hydrogen-bond donors (Lipinski definition) is 4. The number of ether oxygens (including phenoxy) is 2. The van der Waals surface area contributed by atoms with E-state index in [0.717, 1.165) is 31.0 Å². The fourth-order valence-electron chi connectivity index (χ4n) is 7.70. The molecule has 4 aromatic rings. The van der Waals surface area contributed by atoms with Crippen molar-refractivity contribution in [2.24, 2.45) is 11.8 Å². The number of rotatable bonds is 19. The molecule has 2 heterocycles. The average molecular weight is 917 g/mol. The fraction of sp³-hybridized carbons (Fsp3) is 0.522. The highest BCUT2D eigenvalue weighted by Gasteiger charge is 2.36. The van der Waals surface area contributed by atoms with Gasteiger partial charge in [0.05, 0.1) is 41.9 Å². The average Bonchev–Trinajstić information content (AvgIpc) is 3.22. The van der Waals surface area contributed by atoms with E-state index in [-0.39, 0.29) is 84.5 Å². The van der Waals surface area contributed by atoms with Gasteiger partial charge in [-0.25, -0.2) is 27.5 Å². The number of methoxy groups -OCH3 is 2. The van der Waals surface area contributed by atoms with Gasteiger partial charge in [-0.2, -0.15) is 0 Å². The minimum atomic E-state index is -2.75. The molecule has 5 N–H and O–H groups in total. The second-order valence-electron chi connectivity index (χ2n) is 16.4. The Labute approximate surface area is 376 Å². The van der Waals surface area contributed by atoms with Crippen LogP contribution in [0, 0.1) is 36.8 Å². The minimum absolute atomic E-state index is 0.0146. The Hall–Kier alpha value is -4.81. The van der Waals surface area contributed by atoms with Gasteiger partial charge in [0.2, 0.25) is 17.7 Å². The quantitative estimate of drug-likeness (QED) is 0.0316. The smallest absolute Gasteiger partial charge is 0.267 e. The molecule has 1 aliphatic carbocycles. The van der Waals surface area contributed by atoms with E-state index in [9.17, 15) is 31.9 Å². The molecule has 5 rings (SSSR count). The van der Waals surface area contributed by atoms with Crippen LogP contribution in [0.4, 0.5) is 17.6 Å². The molecule has 1 aliphatic rings. The van der Waals surface area contributed by atoms with Gasteiger partial charge in [-0.1, -0.05) is 38.8 Å². The molecular formula is C46H61ClF4N8O5. The summed E-state index contributed by atoms with van der Waals surface area (Å²) in [6.45, 7) is 11.4. The molecule has 0 bridgehead atoms. The zero-order valence-corrected chi connectivity index (χ0v) is 38.4. The van der Waals surface area contributed by atoms with Crippen molar-refractivity contribution in [3.8, 4) is 5.69 Å². The molecule has 64 heavy (non-hydrogen) atoms. The standard InChI is InChI=1S/C35H38ClF4N7O2.C11H23NO3/c1-17(2)31(41)30-19(4)27(6-5-24(30)36)47-33(26(44-28(48)16-43-42)14-20-12-22(37)15-23(38)13-20)46-32-29(34(47)49)18(3)11-25(45-32)21-7-9-35(39,40)10-8-21;1-4-5-6-11(13)12(7-9-14-2)8-10-15-3/h5-6,11-13,15,17,21,26,41,43H,7-10,14,16,42H2,1-4H3,(H,44,48);4-10H2,1-3H3. The largest absolute Gasteiger partial charge is 0.383 e. The number of unbranched alkanes of at least 4 members (excludes halogenated alkanes) is 1. The van der Waals surface area contributed by atoms with Crippen molar-refractivity contribution >= 4 is 40.2 Å². The number of aryl methyl sites for hydroxylation is 1. The minimum Gasteiger partial charge on any atom is -0.383 e. The summed E-state index contributed by atoms with van der Waals surface area (Å²) in [7, 11) is 3.29. The monoisotopic (exact) mass is 916 g/mol. The normalized spacial score (nSPS) is 14.3. The Kier molecular flexibility index (Phi) is 19.4. The van der Waals surface area contributed by atoms with Crippen molar-refractivity contribution in [1.82, 2.24) is 30.2 Å². The summed E-state index contributed by atoms with van der Waals surface area (Å²) in [5.74, 6) is 0.0958. The predicted octanol–water partition coefficient (Wildman–Crippen LogP) is 7.81. The number of hydrogen-bond acceptors (Lipinski definition) is 10. The van der Waals surface area contributed by atoms with Crippen LogP contribution in [-0.2, 0) is 25.5 Å². The molecule has 1 saturated carbocycles. The molecular weight excluding hydrogens is 856 g/mol. The molecule has 2 aromatic heterocycles. The molecule has 0 radical (unpaired) electrons. The second-order valence-corrected chi connectivity index (χ2v) is 16.8. The van der Waals surface area contributed by atoms with Crippen LogP contribution in [0.1, 0.15) is 111 Å². The molecule has 1 fully saturated rings. The van der Waals surface area contributed by atoms with E-state index in [1.807, 2.05) is 18.7 Å². The van der Waals surface area contributed by atoms with Gasteiger partial charge >= 0.3 is 0 Å². The topological polar surface area (TPSA) is 178 Å². The van der Waals surface area contributed by atoms with E-state index in [0.29, 0.717) is 65.8 Å². The number of fused-ring (bicyclic) bond motifs is 1. The molecule has 18 heteroatoms. The molecule has 2 aromatic carbocycles. The maximum Gasteiger partial charge on any atom is 0.267 e. The lowest BCUT2D eigenvalue weighted by molar-refractivity contribution is -0.132. The number of hydrazine groups is 1. The van der Waals surface area contributed by atoms with Gasteiger partial charge in [-0.3, -0.25) is 30.2 Å². The third-order valence-corrected chi connectivity index (χ3v) is 11.5. The first-order chi connectivity index (χ1) is 30.4. The summed E-state index contributed by atoms with van der Waals surface area (Å²) >= 11 is 6.59. The van der Waals surface area contributed by atoms with Gasteiger partial charge in [-0.15, -0.1) is 0 Å². The summed E-state index contributed by atoms with van der Waals surface area (Å²) < 4.78 is 68.0. The van der Waals surface area contributed by atoms with Crippen molar-refractivity contribution in [2.45, 2.75) is 104 Å². The van der Waals surface area contributed by atoms with Crippen molar-refractivity contribution in [2.75, 3.05) is 47.1 Å². The molecule has 13 nitrogen and oxygen atoms in total. The lowest BCUT2D eigenvalue weighted by Crippen LogP contribution is -2.41. The Morgan fingerprint density at radius 1 is 1.03 bits per heavy atom. The van der Waals surface area contributed by atoms with Gasteiger partial charge < -0.3 is 25.1 Å². The van der Waals surface area contributed by atoms with E-state index in [4.69, 9.17) is 42.3 Å². The molecule has 0 spiro atoms. The number of nitrogens with one attached hydrogen (secondary N) is 3. The first kappa shape index (κ1) is 51.8. The number of aromatic nitrogens is 3. The van der Waals surface area contributed by atoms with Crippen LogP contribution < -0.4 is 22.1 Å². The highest BCUT2D eigenvalue weighted by molar-refractivity contribution is 6.34. The van der Waals surface area contributed by atoms with E-state index in [1.165, 1.54) is 4.57 Å². The van der Waals surface area contributed by atoms with Crippen molar-refractivity contribution in [3.05, 3.63) is 97.2 Å². The maximum atomic E-state index is 14.7. The summed E-state index contributed by atoms with van der Waals surface area (Å²) in [5, 5.41) is 12.0. The Morgan fingerprint density at radius 2 is 1.66 bits per heavy atom. The summed E-state index contributed by atoms with van der Waals surface area (Å²) in [5.41, 5.74) is 4.43. The van der Waals surface area contributed by atoms with E-state index in [2.05, 4.69) is 17.7 Å². The van der Waals surface area contributed by atoms with Crippen LogP contribution in [0.3, 0.4) is 0 Å². The number of pyridine rings is 1. The van der Waals surface area contributed by atoms with E-state index < -0.39 is 35.1 Å².